The van der Waals surface area contributed by atoms with E-state index >= 15 is 0 Å². The summed E-state index contributed by atoms with van der Waals surface area (Å²) in [6.45, 7) is 5.93. The molecule has 2 aromatic carbocycles. The van der Waals surface area contributed by atoms with Gasteiger partial charge in [-0.25, -0.2) is 0 Å². The Morgan fingerprint density at radius 3 is 2.68 bits per heavy atom. The lowest BCUT2D eigenvalue weighted by molar-refractivity contribution is 0.0626. The maximum Gasteiger partial charge on any atom is 0.253 e. The first-order chi connectivity index (χ1) is 12.2. The molecule has 0 spiro atoms. The maximum absolute atomic E-state index is 12.6. The predicted molar refractivity (Wildman–Crippen MR) is 96.4 cm³/mol. The summed E-state index contributed by atoms with van der Waals surface area (Å²) < 4.78 is 5.38. The van der Waals surface area contributed by atoms with Crippen molar-refractivity contribution in [1.82, 2.24) is 15.0 Å². The number of hydrogen-bond acceptors (Lipinski definition) is 4. The number of para-hydroxylation sites is 1. The lowest BCUT2D eigenvalue weighted by atomic mass is 10.1. The summed E-state index contributed by atoms with van der Waals surface area (Å²) >= 11 is 0. The molecule has 5 heteroatoms. The molecule has 0 radical (unpaired) electrons. The standard InChI is InChI=1S/C20H21N3O2/c1-15-5-4-6-16(13-15)20(24)23-11-9-22(10-12-23)14-18-17-7-2-3-8-19(17)25-21-18/h2-8,13H,9-12,14H2,1H3. The van der Waals surface area contributed by atoms with Crippen LogP contribution in [0.4, 0.5) is 0 Å². The molecule has 0 N–H and O–H groups in total. The van der Waals surface area contributed by atoms with Crippen LogP contribution in [0.2, 0.25) is 0 Å². The van der Waals surface area contributed by atoms with Gasteiger partial charge in [0, 0.05) is 43.7 Å². The Hall–Kier alpha value is -2.66. The second-order valence-corrected chi connectivity index (χ2v) is 6.56. The van der Waals surface area contributed by atoms with E-state index in [0.717, 1.165) is 60.5 Å². The highest BCUT2D eigenvalue weighted by atomic mass is 16.5. The molecule has 1 amide bonds. The van der Waals surface area contributed by atoms with Gasteiger partial charge < -0.3 is 9.42 Å². The monoisotopic (exact) mass is 335 g/mol. The van der Waals surface area contributed by atoms with Crippen LogP contribution in [0.5, 0.6) is 0 Å². The number of fused-ring (bicyclic) bond motifs is 1. The summed E-state index contributed by atoms with van der Waals surface area (Å²) in [5, 5.41) is 5.27. The van der Waals surface area contributed by atoms with E-state index in [1.807, 2.05) is 60.4 Å². The third kappa shape index (κ3) is 3.28. The van der Waals surface area contributed by atoms with Crippen LogP contribution in [0.1, 0.15) is 21.6 Å². The Kier molecular flexibility index (Phi) is 4.24. The molecule has 0 bridgehead atoms. The topological polar surface area (TPSA) is 49.6 Å². The van der Waals surface area contributed by atoms with Gasteiger partial charge in [-0.2, -0.15) is 0 Å². The predicted octanol–water partition coefficient (Wildman–Crippen LogP) is 3.09. The van der Waals surface area contributed by atoms with Gasteiger partial charge in [-0.3, -0.25) is 9.69 Å². The minimum absolute atomic E-state index is 0.121. The third-order valence-electron chi connectivity index (χ3n) is 4.75. The quantitative estimate of drug-likeness (QED) is 0.738. The number of nitrogens with zero attached hydrogens (tertiary/aromatic N) is 3. The molecule has 0 unspecified atom stereocenters. The molecular formula is C20H21N3O2. The molecule has 1 aliphatic rings. The number of carbonyl (C=O) groups excluding carboxylic acids is 1. The first kappa shape index (κ1) is 15.8. The third-order valence-corrected chi connectivity index (χ3v) is 4.75. The van der Waals surface area contributed by atoms with Crippen LogP contribution in [0.15, 0.2) is 53.1 Å². The number of hydrogen-bond donors (Lipinski definition) is 0. The van der Waals surface area contributed by atoms with Crippen LogP contribution in [-0.4, -0.2) is 47.0 Å². The summed E-state index contributed by atoms with van der Waals surface area (Å²) in [5.41, 5.74) is 3.68. The van der Waals surface area contributed by atoms with Crippen molar-refractivity contribution >= 4 is 16.9 Å². The van der Waals surface area contributed by atoms with Crippen LogP contribution in [0.3, 0.4) is 0 Å². The zero-order chi connectivity index (χ0) is 17.2. The molecule has 0 atom stereocenters. The summed E-state index contributed by atoms with van der Waals surface area (Å²) in [7, 11) is 0. The van der Waals surface area contributed by atoms with Gasteiger partial charge in [0.15, 0.2) is 5.58 Å². The van der Waals surface area contributed by atoms with Gasteiger partial charge in [-0.1, -0.05) is 35.0 Å². The normalized spacial score (nSPS) is 15.6. The number of piperazine rings is 1. The zero-order valence-electron chi connectivity index (χ0n) is 14.3. The van der Waals surface area contributed by atoms with E-state index in [9.17, 15) is 4.79 Å². The molecule has 3 aromatic rings. The molecule has 25 heavy (non-hydrogen) atoms. The van der Waals surface area contributed by atoms with Gasteiger partial charge in [0.2, 0.25) is 0 Å². The van der Waals surface area contributed by atoms with Crippen molar-refractivity contribution in [3.05, 3.63) is 65.4 Å². The van der Waals surface area contributed by atoms with E-state index in [-0.39, 0.29) is 5.91 Å². The Labute approximate surface area is 146 Å². The first-order valence-electron chi connectivity index (χ1n) is 8.62. The van der Waals surface area contributed by atoms with E-state index in [1.165, 1.54) is 0 Å². The molecule has 128 valence electrons. The van der Waals surface area contributed by atoms with Crippen LogP contribution >= 0.6 is 0 Å². The molecule has 0 aliphatic carbocycles. The highest BCUT2D eigenvalue weighted by Crippen LogP contribution is 2.20. The largest absolute Gasteiger partial charge is 0.356 e. The van der Waals surface area contributed by atoms with E-state index in [0.29, 0.717) is 0 Å². The van der Waals surface area contributed by atoms with Crippen molar-refractivity contribution < 1.29 is 9.32 Å². The lowest BCUT2D eigenvalue weighted by Gasteiger charge is -2.34. The molecule has 1 saturated heterocycles. The van der Waals surface area contributed by atoms with Crippen LogP contribution in [0, 0.1) is 6.92 Å². The fourth-order valence-corrected chi connectivity index (χ4v) is 3.33. The summed E-state index contributed by atoms with van der Waals surface area (Å²) in [6, 6.07) is 15.7. The van der Waals surface area contributed by atoms with Crippen molar-refractivity contribution in [1.29, 1.82) is 0 Å². The zero-order valence-corrected chi connectivity index (χ0v) is 14.3. The van der Waals surface area contributed by atoms with Gasteiger partial charge in [0.25, 0.3) is 5.91 Å². The molecular weight excluding hydrogens is 314 g/mol. The molecule has 0 saturated carbocycles. The van der Waals surface area contributed by atoms with Crippen molar-refractivity contribution in [2.75, 3.05) is 26.2 Å². The highest BCUT2D eigenvalue weighted by Gasteiger charge is 2.23. The number of amides is 1. The van der Waals surface area contributed by atoms with E-state index in [4.69, 9.17) is 4.52 Å². The van der Waals surface area contributed by atoms with Crippen molar-refractivity contribution in [3.63, 3.8) is 0 Å². The highest BCUT2D eigenvalue weighted by molar-refractivity contribution is 5.94. The van der Waals surface area contributed by atoms with Gasteiger partial charge in [0.05, 0.1) is 0 Å². The second-order valence-electron chi connectivity index (χ2n) is 6.56. The lowest BCUT2D eigenvalue weighted by Crippen LogP contribution is -2.48. The van der Waals surface area contributed by atoms with Crippen LogP contribution in [0.25, 0.3) is 11.0 Å². The molecule has 1 fully saturated rings. The molecule has 2 heterocycles. The van der Waals surface area contributed by atoms with Crippen molar-refractivity contribution in [2.45, 2.75) is 13.5 Å². The van der Waals surface area contributed by atoms with Gasteiger partial charge >= 0.3 is 0 Å². The Bertz CT molecular complexity index is 895. The Balaban J connectivity index is 1.39. The van der Waals surface area contributed by atoms with E-state index < -0.39 is 0 Å². The van der Waals surface area contributed by atoms with E-state index in [1.54, 1.807) is 0 Å². The number of aromatic nitrogens is 1. The average molecular weight is 335 g/mol. The molecule has 1 aromatic heterocycles. The Morgan fingerprint density at radius 2 is 1.88 bits per heavy atom. The van der Waals surface area contributed by atoms with Crippen LogP contribution in [-0.2, 0) is 6.54 Å². The van der Waals surface area contributed by atoms with Crippen molar-refractivity contribution in [3.8, 4) is 0 Å². The average Bonchev–Trinajstić information content (AvgIpc) is 3.05. The number of benzene rings is 2. The van der Waals surface area contributed by atoms with Crippen LogP contribution < -0.4 is 0 Å². The fraction of sp³-hybridized carbons (Fsp3) is 0.300. The summed E-state index contributed by atoms with van der Waals surface area (Å²) in [5.74, 6) is 0.121. The minimum Gasteiger partial charge on any atom is -0.356 e. The summed E-state index contributed by atoms with van der Waals surface area (Å²) in [4.78, 5) is 16.9. The first-order valence-corrected chi connectivity index (χ1v) is 8.62. The molecule has 4 rings (SSSR count). The number of carbonyl (C=O) groups is 1. The number of rotatable bonds is 3. The van der Waals surface area contributed by atoms with Gasteiger partial charge in [0.1, 0.15) is 5.69 Å². The van der Waals surface area contributed by atoms with Gasteiger partial charge in [-0.05, 0) is 31.2 Å². The van der Waals surface area contributed by atoms with Gasteiger partial charge in [-0.15, -0.1) is 0 Å². The smallest absolute Gasteiger partial charge is 0.253 e. The molecule has 5 nitrogen and oxygen atoms in total. The van der Waals surface area contributed by atoms with E-state index in [2.05, 4.69) is 10.1 Å². The SMILES string of the molecule is Cc1cccc(C(=O)N2CCN(Cc3noc4ccccc34)CC2)c1. The van der Waals surface area contributed by atoms with Crippen molar-refractivity contribution in [2.24, 2.45) is 0 Å². The maximum atomic E-state index is 12.6. The Morgan fingerprint density at radius 1 is 1.08 bits per heavy atom. The fourth-order valence-electron chi connectivity index (χ4n) is 3.33. The minimum atomic E-state index is 0.121. The number of aryl methyl sites for hydroxylation is 1. The molecule has 1 aliphatic heterocycles. The summed E-state index contributed by atoms with van der Waals surface area (Å²) in [6.07, 6.45) is 0. The second kappa shape index (κ2) is 6.69.